The van der Waals surface area contributed by atoms with Gasteiger partial charge < -0.3 is 0 Å². The van der Waals surface area contributed by atoms with Gasteiger partial charge in [0.15, 0.2) is 0 Å². The molecule has 5 heteroatoms. The minimum atomic E-state index is 0.306. The molecule has 0 saturated heterocycles. The fourth-order valence-electron chi connectivity index (χ4n) is 1.39. The topological polar surface area (TPSA) is 42.3 Å². The van der Waals surface area contributed by atoms with Crippen LogP contribution in [0.3, 0.4) is 0 Å². The lowest BCUT2D eigenvalue weighted by Gasteiger charge is -1.97. The van der Waals surface area contributed by atoms with Crippen LogP contribution >= 0.6 is 22.9 Å². The van der Waals surface area contributed by atoms with E-state index in [0.717, 1.165) is 27.7 Å². The summed E-state index contributed by atoms with van der Waals surface area (Å²) in [6.45, 7) is 0.306. The van der Waals surface area contributed by atoms with Crippen molar-refractivity contribution >= 4 is 29.0 Å². The molecule has 0 aliphatic rings. The predicted molar refractivity (Wildman–Crippen MR) is 68.2 cm³/mol. The van der Waals surface area contributed by atoms with Crippen LogP contribution in [0.2, 0.25) is 5.02 Å². The number of rotatable bonds is 4. The van der Waals surface area contributed by atoms with Crippen molar-refractivity contribution in [2.45, 2.75) is 13.0 Å². The zero-order valence-corrected chi connectivity index (χ0v) is 10.5. The largest absolute Gasteiger partial charge is 0.244 e. The average molecular weight is 265 g/mol. The highest BCUT2D eigenvalue weighted by atomic mass is 35.5. The second kappa shape index (κ2) is 5.73. The van der Waals surface area contributed by atoms with Gasteiger partial charge in [0.05, 0.1) is 17.2 Å². The lowest BCUT2D eigenvalue weighted by atomic mass is 10.2. The van der Waals surface area contributed by atoms with E-state index >= 15 is 0 Å². The van der Waals surface area contributed by atoms with Crippen molar-refractivity contribution < 1.29 is 4.79 Å². The van der Waals surface area contributed by atoms with Crippen molar-refractivity contribution in [2.75, 3.05) is 0 Å². The first-order valence-electron chi connectivity index (χ1n) is 4.99. The van der Waals surface area contributed by atoms with Gasteiger partial charge >= 0.3 is 0 Å². The summed E-state index contributed by atoms with van der Waals surface area (Å²) in [4.78, 5) is 17.9. The maximum absolute atomic E-state index is 9.98. The molecule has 0 spiro atoms. The molecule has 1 aromatic heterocycles. The minimum absolute atomic E-state index is 0.306. The SMILES string of the molecule is O=C=NCc1csc(Cc2ccc(Cl)cc2)n1. The first kappa shape index (κ1) is 12.0. The normalized spacial score (nSPS) is 9.94. The van der Waals surface area contributed by atoms with Crippen LogP contribution in [0.25, 0.3) is 0 Å². The Hall–Kier alpha value is -1.48. The van der Waals surface area contributed by atoms with E-state index in [1.54, 1.807) is 11.3 Å². The second-order valence-electron chi connectivity index (χ2n) is 3.44. The molecule has 1 aromatic carbocycles. The molecule has 86 valence electrons. The van der Waals surface area contributed by atoms with Crippen molar-refractivity contribution in [3.05, 3.63) is 50.9 Å². The number of hydrogen-bond donors (Lipinski definition) is 0. The monoisotopic (exact) mass is 264 g/mol. The summed E-state index contributed by atoms with van der Waals surface area (Å²) >= 11 is 7.38. The van der Waals surface area contributed by atoms with Crippen LogP contribution in [0.4, 0.5) is 0 Å². The molecular weight excluding hydrogens is 256 g/mol. The van der Waals surface area contributed by atoms with E-state index in [-0.39, 0.29) is 0 Å². The number of aromatic nitrogens is 1. The van der Waals surface area contributed by atoms with E-state index in [9.17, 15) is 4.79 Å². The smallest absolute Gasteiger partial charge is 0.235 e. The van der Waals surface area contributed by atoms with Gasteiger partial charge in [-0.3, -0.25) is 0 Å². The van der Waals surface area contributed by atoms with Gasteiger partial charge in [-0.1, -0.05) is 23.7 Å². The molecule has 0 radical (unpaired) electrons. The first-order valence-corrected chi connectivity index (χ1v) is 6.25. The van der Waals surface area contributed by atoms with Crippen LogP contribution in [-0.2, 0) is 17.8 Å². The number of aliphatic imine (C=N–C) groups is 1. The molecule has 3 nitrogen and oxygen atoms in total. The van der Waals surface area contributed by atoms with Crippen molar-refractivity contribution in [3.63, 3.8) is 0 Å². The highest BCUT2D eigenvalue weighted by molar-refractivity contribution is 7.09. The molecule has 0 N–H and O–H groups in total. The zero-order valence-electron chi connectivity index (χ0n) is 8.89. The van der Waals surface area contributed by atoms with Gasteiger partial charge in [-0.2, -0.15) is 4.99 Å². The summed E-state index contributed by atoms with van der Waals surface area (Å²) in [5.41, 5.74) is 1.97. The molecule has 1 heterocycles. The molecule has 0 amide bonds. The Morgan fingerprint density at radius 2 is 2.12 bits per heavy atom. The van der Waals surface area contributed by atoms with Crippen molar-refractivity contribution in [1.82, 2.24) is 4.98 Å². The lowest BCUT2D eigenvalue weighted by molar-refractivity contribution is 0.562. The van der Waals surface area contributed by atoms with E-state index in [0.29, 0.717) is 6.54 Å². The van der Waals surface area contributed by atoms with E-state index in [4.69, 9.17) is 11.6 Å². The number of thiazole rings is 1. The number of nitrogens with zero attached hydrogens (tertiary/aromatic N) is 2. The van der Waals surface area contributed by atoms with E-state index in [2.05, 4.69) is 9.98 Å². The molecule has 0 atom stereocenters. The van der Waals surface area contributed by atoms with Gasteiger partial charge in [0.2, 0.25) is 6.08 Å². The van der Waals surface area contributed by atoms with Gasteiger partial charge in [-0.25, -0.2) is 9.78 Å². The van der Waals surface area contributed by atoms with Gasteiger partial charge in [0.25, 0.3) is 0 Å². The number of benzene rings is 1. The fraction of sp³-hybridized carbons (Fsp3) is 0.167. The standard InChI is InChI=1S/C12H9ClN2OS/c13-10-3-1-9(2-4-10)5-12-15-11(7-17-12)6-14-8-16/h1-4,7H,5-6H2. The Morgan fingerprint density at radius 3 is 2.82 bits per heavy atom. The highest BCUT2D eigenvalue weighted by Gasteiger charge is 2.02. The van der Waals surface area contributed by atoms with Gasteiger partial charge in [0, 0.05) is 16.8 Å². The van der Waals surface area contributed by atoms with Crippen LogP contribution in [0, 0.1) is 0 Å². The fourth-order valence-corrected chi connectivity index (χ4v) is 2.34. The Bertz CT molecular complexity index is 544. The first-order chi connectivity index (χ1) is 8.28. The summed E-state index contributed by atoms with van der Waals surface area (Å²) in [5.74, 6) is 0. The molecule has 0 fully saturated rings. The number of halogens is 1. The minimum Gasteiger partial charge on any atom is -0.244 e. The quantitative estimate of drug-likeness (QED) is 0.629. The molecule has 0 unspecified atom stereocenters. The molecule has 0 bridgehead atoms. The van der Waals surface area contributed by atoms with Crippen LogP contribution in [0.1, 0.15) is 16.3 Å². The van der Waals surface area contributed by atoms with Crippen LogP contribution in [0.15, 0.2) is 34.6 Å². The van der Waals surface area contributed by atoms with Crippen LogP contribution < -0.4 is 0 Å². The summed E-state index contributed by atoms with van der Waals surface area (Å²) in [7, 11) is 0. The third-order valence-electron chi connectivity index (χ3n) is 2.17. The maximum atomic E-state index is 9.98. The van der Waals surface area contributed by atoms with Crippen LogP contribution in [-0.4, -0.2) is 11.1 Å². The Labute approximate surface area is 108 Å². The number of carbonyl (C=O) groups excluding carboxylic acids is 1. The summed E-state index contributed by atoms with van der Waals surface area (Å²) in [5, 5.41) is 3.64. The van der Waals surface area contributed by atoms with Crippen molar-refractivity contribution in [1.29, 1.82) is 0 Å². The number of isocyanates is 1. The molecule has 17 heavy (non-hydrogen) atoms. The Morgan fingerprint density at radius 1 is 1.35 bits per heavy atom. The lowest BCUT2D eigenvalue weighted by Crippen LogP contribution is -1.88. The van der Waals surface area contributed by atoms with Crippen molar-refractivity contribution in [2.24, 2.45) is 4.99 Å². The molecular formula is C12H9ClN2OS. The van der Waals surface area contributed by atoms with E-state index in [1.165, 1.54) is 6.08 Å². The third kappa shape index (κ3) is 3.49. The molecule has 0 saturated carbocycles. The second-order valence-corrected chi connectivity index (χ2v) is 4.82. The summed E-state index contributed by atoms with van der Waals surface area (Å²) < 4.78 is 0. The van der Waals surface area contributed by atoms with Gasteiger partial charge in [0.1, 0.15) is 0 Å². The molecule has 0 aliphatic heterocycles. The van der Waals surface area contributed by atoms with Gasteiger partial charge in [-0.15, -0.1) is 11.3 Å². The molecule has 2 rings (SSSR count). The summed E-state index contributed by atoms with van der Waals surface area (Å²) in [6, 6.07) is 7.68. The number of hydrogen-bond acceptors (Lipinski definition) is 4. The Balaban J connectivity index is 2.05. The third-order valence-corrected chi connectivity index (χ3v) is 3.32. The molecule has 0 aliphatic carbocycles. The van der Waals surface area contributed by atoms with Gasteiger partial charge in [-0.05, 0) is 17.7 Å². The van der Waals surface area contributed by atoms with Crippen molar-refractivity contribution in [3.8, 4) is 0 Å². The van der Waals surface area contributed by atoms with Crippen LogP contribution in [0.5, 0.6) is 0 Å². The zero-order chi connectivity index (χ0) is 12.1. The summed E-state index contributed by atoms with van der Waals surface area (Å²) in [6.07, 6.45) is 2.28. The van der Waals surface area contributed by atoms with E-state index < -0.39 is 0 Å². The Kier molecular flexibility index (Phi) is 4.04. The predicted octanol–water partition coefficient (Wildman–Crippen LogP) is 3.22. The average Bonchev–Trinajstić information content (AvgIpc) is 2.77. The van der Waals surface area contributed by atoms with E-state index in [1.807, 2.05) is 29.6 Å². The maximum Gasteiger partial charge on any atom is 0.235 e. The molecule has 2 aromatic rings. The highest BCUT2D eigenvalue weighted by Crippen LogP contribution is 2.17.